The number of rotatable bonds is 6. The number of hydrogen-bond acceptors (Lipinski definition) is 2. The number of aliphatic carboxylic acids is 1. The Labute approximate surface area is 126 Å². The molecule has 0 unspecified atom stereocenters. The third kappa shape index (κ3) is 3.78. The van der Waals surface area contributed by atoms with E-state index in [2.05, 4.69) is 19.1 Å². The van der Waals surface area contributed by atoms with Crippen LogP contribution in [0.3, 0.4) is 0 Å². The van der Waals surface area contributed by atoms with E-state index in [4.69, 9.17) is 0 Å². The summed E-state index contributed by atoms with van der Waals surface area (Å²) in [6, 6.07) is 10.2. The highest BCUT2D eigenvalue weighted by Crippen LogP contribution is 2.43. The zero-order valence-corrected chi connectivity index (χ0v) is 13.0. The Morgan fingerprint density at radius 1 is 1.30 bits per heavy atom. The lowest BCUT2D eigenvalue weighted by atomic mass is 9.68. The predicted octanol–water partition coefficient (Wildman–Crippen LogP) is 4.84. The summed E-state index contributed by atoms with van der Waals surface area (Å²) in [5.41, 5.74) is -0.465. The van der Waals surface area contributed by atoms with E-state index >= 15 is 0 Å². The Balaban J connectivity index is 1.89. The molecule has 0 atom stereocenters. The molecule has 0 radical (unpaired) electrons. The molecule has 2 rings (SSSR count). The van der Waals surface area contributed by atoms with Crippen LogP contribution in [0.15, 0.2) is 35.2 Å². The van der Waals surface area contributed by atoms with Crippen LogP contribution in [0.2, 0.25) is 0 Å². The highest BCUT2D eigenvalue weighted by Gasteiger charge is 2.40. The van der Waals surface area contributed by atoms with Gasteiger partial charge in [-0.05, 0) is 55.9 Å². The average molecular weight is 292 g/mol. The summed E-state index contributed by atoms with van der Waals surface area (Å²) < 4.78 is 0. The van der Waals surface area contributed by atoms with Gasteiger partial charge in [0.15, 0.2) is 0 Å². The summed E-state index contributed by atoms with van der Waals surface area (Å²) in [6.07, 6.45) is 5.86. The van der Waals surface area contributed by atoms with Crippen LogP contribution < -0.4 is 0 Å². The Hall–Kier alpha value is -0.960. The van der Waals surface area contributed by atoms with Crippen molar-refractivity contribution in [3.05, 3.63) is 30.3 Å². The van der Waals surface area contributed by atoms with Crippen molar-refractivity contribution in [2.75, 3.05) is 5.75 Å². The summed E-state index contributed by atoms with van der Waals surface area (Å²) in [7, 11) is 0. The van der Waals surface area contributed by atoms with E-state index in [-0.39, 0.29) is 0 Å². The Morgan fingerprint density at radius 2 is 1.95 bits per heavy atom. The molecule has 2 nitrogen and oxygen atoms in total. The summed E-state index contributed by atoms with van der Waals surface area (Å²) in [6.45, 7) is 2.21. The molecule has 3 heteroatoms. The van der Waals surface area contributed by atoms with Crippen molar-refractivity contribution in [1.29, 1.82) is 0 Å². The van der Waals surface area contributed by atoms with Gasteiger partial charge in [0.1, 0.15) is 0 Å². The number of benzene rings is 1. The van der Waals surface area contributed by atoms with Gasteiger partial charge in [-0.15, -0.1) is 11.8 Å². The van der Waals surface area contributed by atoms with Crippen LogP contribution in [0, 0.1) is 11.3 Å². The van der Waals surface area contributed by atoms with Crippen LogP contribution in [-0.2, 0) is 4.79 Å². The number of hydrogen-bond donors (Lipinski definition) is 1. The van der Waals surface area contributed by atoms with E-state index in [0.717, 1.165) is 43.8 Å². The Morgan fingerprint density at radius 3 is 2.50 bits per heavy atom. The van der Waals surface area contributed by atoms with Gasteiger partial charge in [-0.1, -0.05) is 31.5 Å². The first-order chi connectivity index (χ1) is 9.66. The first-order valence-electron chi connectivity index (χ1n) is 7.57. The van der Waals surface area contributed by atoms with Crippen molar-refractivity contribution in [3.63, 3.8) is 0 Å². The van der Waals surface area contributed by atoms with Crippen molar-refractivity contribution in [1.82, 2.24) is 0 Å². The van der Waals surface area contributed by atoms with E-state index in [1.165, 1.54) is 11.3 Å². The molecule has 1 N–H and O–H groups in total. The predicted molar refractivity (Wildman–Crippen MR) is 84.1 cm³/mol. The molecule has 0 amide bonds. The first-order valence-corrected chi connectivity index (χ1v) is 8.56. The number of carboxylic acids is 1. The fourth-order valence-electron chi connectivity index (χ4n) is 3.09. The largest absolute Gasteiger partial charge is 0.481 e. The third-order valence-electron chi connectivity index (χ3n) is 4.69. The molecule has 0 heterocycles. The molecule has 1 aliphatic rings. The monoisotopic (exact) mass is 292 g/mol. The zero-order valence-electron chi connectivity index (χ0n) is 12.2. The van der Waals surface area contributed by atoms with Gasteiger partial charge < -0.3 is 5.11 Å². The molecule has 0 bridgehead atoms. The molecule has 0 spiro atoms. The van der Waals surface area contributed by atoms with Gasteiger partial charge in [0.2, 0.25) is 0 Å². The standard InChI is InChI=1S/C17H24O2S/c1-2-14-8-10-17(11-9-14,16(18)19)12-13-20-15-6-4-3-5-7-15/h3-7,14H,2,8-13H2,1H3,(H,18,19). The van der Waals surface area contributed by atoms with Gasteiger partial charge in [0.25, 0.3) is 0 Å². The fraction of sp³-hybridized carbons (Fsp3) is 0.588. The number of thioether (sulfide) groups is 1. The third-order valence-corrected chi connectivity index (χ3v) is 5.70. The van der Waals surface area contributed by atoms with Crippen molar-refractivity contribution in [2.45, 2.75) is 50.3 Å². The molecule has 20 heavy (non-hydrogen) atoms. The van der Waals surface area contributed by atoms with E-state index in [9.17, 15) is 9.90 Å². The van der Waals surface area contributed by atoms with Crippen molar-refractivity contribution < 1.29 is 9.90 Å². The maximum Gasteiger partial charge on any atom is 0.309 e. The lowest BCUT2D eigenvalue weighted by Crippen LogP contribution is -2.36. The second-order valence-corrected chi connectivity index (χ2v) is 7.02. The maximum absolute atomic E-state index is 11.7. The molecule has 110 valence electrons. The second-order valence-electron chi connectivity index (χ2n) is 5.85. The van der Waals surface area contributed by atoms with Crippen molar-refractivity contribution in [2.24, 2.45) is 11.3 Å². The minimum Gasteiger partial charge on any atom is -0.481 e. The lowest BCUT2D eigenvalue weighted by molar-refractivity contribution is -0.151. The van der Waals surface area contributed by atoms with Crippen LogP contribution in [0.5, 0.6) is 0 Å². The smallest absolute Gasteiger partial charge is 0.309 e. The van der Waals surface area contributed by atoms with E-state index in [1.54, 1.807) is 11.8 Å². The first kappa shape index (κ1) is 15.4. The van der Waals surface area contributed by atoms with Crippen LogP contribution in [0.25, 0.3) is 0 Å². The van der Waals surface area contributed by atoms with Crippen molar-refractivity contribution in [3.8, 4) is 0 Å². The number of carbonyl (C=O) groups is 1. The highest BCUT2D eigenvalue weighted by atomic mass is 32.2. The van der Waals surface area contributed by atoms with Crippen LogP contribution >= 0.6 is 11.8 Å². The van der Waals surface area contributed by atoms with E-state index in [0.29, 0.717) is 0 Å². The Bertz CT molecular complexity index is 422. The van der Waals surface area contributed by atoms with Crippen LogP contribution in [0.1, 0.15) is 45.4 Å². The minimum absolute atomic E-state index is 0.465. The van der Waals surface area contributed by atoms with Gasteiger partial charge in [-0.2, -0.15) is 0 Å². The Kier molecular flexibility index (Phi) is 5.53. The summed E-state index contributed by atoms with van der Waals surface area (Å²) in [4.78, 5) is 12.9. The molecular weight excluding hydrogens is 268 g/mol. The quantitative estimate of drug-likeness (QED) is 0.762. The van der Waals surface area contributed by atoms with Gasteiger partial charge in [-0.3, -0.25) is 4.79 Å². The number of carboxylic acid groups (broad SMARTS) is 1. The lowest BCUT2D eigenvalue weighted by Gasteiger charge is -2.36. The van der Waals surface area contributed by atoms with Gasteiger partial charge in [0, 0.05) is 4.90 Å². The highest BCUT2D eigenvalue weighted by molar-refractivity contribution is 7.99. The molecule has 1 saturated carbocycles. The van der Waals surface area contributed by atoms with Gasteiger partial charge in [0.05, 0.1) is 5.41 Å². The minimum atomic E-state index is -0.583. The van der Waals surface area contributed by atoms with Gasteiger partial charge in [-0.25, -0.2) is 0 Å². The molecule has 1 aliphatic carbocycles. The molecule has 0 aromatic heterocycles. The molecule has 1 aromatic carbocycles. The molecular formula is C17H24O2S. The van der Waals surface area contributed by atoms with Crippen molar-refractivity contribution >= 4 is 17.7 Å². The average Bonchev–Trinajstić information content (AvgIpc) is 2.49. The molecule has 1 aromatic rings. The summed E-state index contributed by atoms with van der Waals surface area (Å²) >= 11 is 1.77. The summed E-state index contributed by atoms with van der Waals surface area (Å²) in [5.74, 6) is 1.05. The van der Waals surface area contributed by atoms with E-state index < -0.39 is 11.4 Å². The normalized spacial score (nSPS) is 26.4. The van der Waals surface area contributed by atoms with Gasteiger partial charge >= 0.3 is 5.97 Å². The second kappa shape index (κ2) is 7.16. The van der Waals surface area contributed by atoms with Crippen LogP contribution in [0.4, 0.5) is 0 Å². The molecule has 0 aliphatic heterocycles. The molecule has 1 fully saturated rings. The summed E-state index contributed by atoms with van der Waals surface area (Å²) in [5, 5.41) is 9.64. The van der Waals surface area contributed by atoms with E-state index in [1.807, 2.05) is 18.2 Å². The fourth-order valence-corrected chi connectivity index (χ4v) is 4.17. The topological polar surface area (TPSA) is 37.3 Å². The SMILES string of the molecule is CCC1CCC(CCSc2ccccc2)(C(=O)O)CC1. The zero-order chi connectivity index (χ0) is 14.4. The molecule has 0 saturated heterocycles. The maximum atomic E-state index is 11.7. The van der Waals surface area contributed by atoms with Crippen LogP contribution in [-0.4, -0.2) is 16.8 Å².